The molecule has 8 nitrogen and oxygen atoms in total. The number of amides is 1. The molecule has 1 unspecified atom stereocenters. The Kier molecular flexibility index (Phi) is 7.56. The van der Waals surface area contributed by atoms with Crippen LogP contribution in [0.25, 0.3) is 11.7 Å². The second kappa shape index (κ2) is 10.6. The van der Waals surface area contributed by atoms with E-state index in [4.69, 9.17) is 21.7 Å². The zero-order valence-electron chi connectivity index (χ0n) is 17.9. The van der Waals surface area contributed by atoms with Crippen LogP contribution in [-0.2, 0) is 14.3 Å². The van der Waals surface area contributed by atoms with E-state index >= 15 is 0 Å². The van der Waals surface area contributed by atoms with Crippen LogP contribution in [0.5, 0.6) is 0 Å². The molecule has 1 atom stereocenters. The van der Waals surface area contributed by atoms with Gasteiger partial charge in [0.2, 0.25) is 0 Å². The average molecular weight is 475 g/mol. The first kappa shape index (κ1) is 22.9. The van der Waals surface area contributed by atoms with Crippen molar-refractivity contribution in [1.82, 2.24) is 14.3 Å². The first-order valence-electron chi connectivity index (χ1n) is 10.8. The molecule has 2 fully saturated rings. The van der Waals surface area contributed by atoms with Crippen LogP contribution in [0.2, 0.25) is 0 Å². The quantitative estimate of drug-likeness (QED) is 0.337. The van der Waals surface area contributed by atoms with E-state index in [9.17, 15) is 9.59 Å². The van der Waals surface area contributed by atoms with E-state index in [0.717, 1.165) is 19.4 Å². The summed E-state index contributed by atoms with van der Waals surface area (Å²) < 4.78 is 13.0. The second-order valence-corrected chi connectivity index (χ2v) is 9.18. The molecule has 2 aliphatic rings. The summed E-state index contributed by atoms with van der Waals surface area (Å²) in [6.45, 7) is 4.93. The maximum Gasteiger partial charge on any atom is 0.267 e. The van der Waals surface area contributed by atoms with Gasteiger partial charge in [0.25, 0.3) is 11.5 Å². The van der Waals surface area contributed by atoms with Gasteiger partial charge in [-0.15, -0.1) is 0 Å². The molecular weight excluding hydrogens is 448 g/mol. The fraction of sp³-hybridized carbons (Fsp3) is 0.455. The molecule has 4 heterocycles. The van der Waals surface area contributed by atoms with Crippen molar-refractivity contribution in [1.29, 1.82) is 0 Å². The number of rotatable bonds is 9. The van der Waals surface area contributed by atoms with Crippen molar-refractivity contribution in [2.45, 2.75) is 32.3 Å². The molecule has 0 saturated carbocycles. The molecule has 10 heteroatoms. The standard InChI is InChI=1S/C22H26N4O4S2/c1-2-29-11-6-10-26-21(28)17(32-22(26)31)13-16-19(23-14-15-7-5-12-30-15)24-18-8-3-4-9-25(18)20(16)27/h3-4,8-9,13,15,23H,2,5-7,10-12,14H2,1H3/b17-13-. The second-order valence-electron chi connectivity index (χ2n) is 7.51. The van der Waals surface area contributed by atoms with Gasteiger partial charge < -0.3 is 14.8 Å². The maximum atomic E-state index is 13.3. The molecular formula is C22H26N4O4S2. The summed E-state index contributed by atoms with van der Waals surface area (Å²) in [6.07, 6.45) is 6.05. The minimum Gasteiger partial charge on any atom is -0.382 e. The molecule has 32 heavy (non-hydrogen) atoms. The molecule has 4 rings (SSSR count). The van der Waals surface area contributed by atoms with Crippen LogP contribution >= 0.6 is 24.0 Å². The number of aromatic nitrogens is 2. The molecule has 0 spiro atoms. The summed E-state index contributed by atoms with van der Waals surface area (Å²) in [5, 5.41) is 3.27. The van der Waals surface area contributed by atoms with Gasteiger partial charge in [-0.05, 0) is 44.4 Å². The Hall–Kier alpha value is -2.27. The van der Waals surface area contributed by atoms with Crippen LogP contribution in [0.3, 0.4) is 0 Å². The molecule has 2 aromatic heterocycles. The highest BCUT2D eigenvalue weighted by Crippen LogP contribution is 2.33. The largest absolute Gasteiger partial charge is 0.382 e. The third kappa shape index (κ3) is 5.03. The zero-order chi connectivity index (χ0) is 22.5. The predicted octanol–water partition coefficient (Wildman–Crippen LogP) is 2.91. The Bertz CT molecular complexity index is 1100. The van der Waals surface area contributed by atoms with Gasteiger partial charge in [0.05, 0.1) is 16.6 Å². The fourth-order valence-corrected chi connectivity index (χ4v) is 4.97. The Morgan fingerprint density at radius 1 is 1.41 bits per heavy atom. The molecule has 2 saturated heterocycles. The van der Waals surface area contributed by atoms with Gasteiger partial charge in [0, 0.05) is 39.1 Å². The fourth-order valence-electron chi connectivity index (χ4n) is 3.68. The third-order valence-corrected chi connectivity index (χ3v) is 6.69. The molecule has 0 aliphatic carbocycles. The van der Waals surface area contributed by atoms with Crippen LogP contribution in [0, 0.1) is 0 Å². The Morgan fingerprint density at radius 2 is 2.28 bits per heavy atom. The van der Waals surface area contributed by atoms with Crippen molar-refractivity contribution in [3.8, 4) is 0 Å². The van der Waals surface area contributed by atoms with Crippen molar-refractivity contribution in [2.75, 3.05) is 38.2 Å². The van der Waals surface area contributed by atoms with Gasteiger partial charge in [-0.3, -0.25) is 18.9 Å². The van der Waals surface area contributed by atoms with E-state index in [2.05, 4.69) is 10.3 Å². The topological polar surface area (TPSA) is 85.2 Å². The highest BCUT2D eigenvalue weighted by Gasteiger charge is 2.32. The average Bonchev–Trinajstić information content (AvgIpc) is 3.41. The Balaban J connectivity index is 1.63. The lowest BCUT2D eigenvalue weighted by Crippen LogP contribution is -2.30. The molecule has 1 N–H and O–H groups in total. The highest BCUT2D eigenvalue weighted by atomic mass is 32.2. The van der Waals surface area contributed by atoms with Gasteiger partial charge in [0.15, 0.2) is 0 Å². The molecule has 0 bridgehead atoms. The van der Waals surface area contributed by atoms with Crippen molar-refractivity contribution in [2.24, 2.45) is 0 Å². The van der Waals surface area contributed by atoms with E-state index in [1.54, 1.807) is 29.3 Å². The molecule has 2 aliphatic heterocycles. The number of pyridine rings is 1. The smallest absolute Gasteiger partial charge is 0.267 e. The van der Waals surface area contributed by atoms with E-state index in [1.807, 2.05) is 13.0 Å². The molecule has 1 amide bonds. The van der Waals surface area contributed by atoms with Crippen molar-refractivity contribution in [3.05, 3.63) is 45.2 Å². The van der Waals surface area contributed by atoms with Gasteiger partial charge in [-0.2, -0.15) is 0 Å². The number of anilines is 1. The molecule has 0 aromatic carbocycles. The Morgan fingerprint density at radius 3 is 3.06 bits per heavy atom. The summed E-state index contributed by atoms with van der Waals surface area (Å²) in [6, 6.07) is 5.39. The lowest BCUT2D eigenvalue weighted by Gasteiger charge is -2.15. The number of carbonyl (C=O) groups is 1. The summed E-state index contributed by atoms with van der Waals surface area (Å²) in [7, 11) is 0. The number of thioether (sulfide) groups is 1. The number of nitrogens with one attached hydrogen (secondary N) is 1. The molecule has 170 valence electrons. The number of carbonyl (C=O) groups excluding carboxylic acids is 1. The number of hydrogen-bond donors (Lipinski definition) is 1. The minimum absolute atomic E-state index is 0.0856. The summed E-state index contributed by atoms with van der Waals surface area (Å²) in [5.41, 5.74) is 0.626. The third-order valence-electron chi connectivity index (χ3n) is 5.31. The molecule has 2 aromatic rings. The van der Waals surface area contributed by atoms with Crippen LogP contribution in [0.4, 0.5) is 5.82 Å². The van der Waals surface area contributed by atoms with Gasteiger partial charge in [-0.1, -0.05) is 30.0 Å². The summed E-state index contributed by atoms with van der Waals surface area (Å²) in [4.78, 5) is 32.9. The zero-order valence-corrected chi connectivity index (χ0v) is 19.5. The maximum absolute atomic E-state index is 13.3. The highest BCUT2D eigenvalue weighted by molar-refractivity contribution is 8.26. The monoisotopic (exact) mass is 474 g/mol. The lowest BCUT2D eigenvalue weighted by atomic mass is 10.2. The van der Waals surface area contributed by atoms with Crippen LogP contribution < -0.4 is 10.9 Å². The predicted molar refractivity (Wildman–Crippen MR) is 130 cm³/mol. The van der Waals surface area contributed by atoms with Crippen LogP contribution in [0.1, 0.15) is 31.7 Å². The number of nitrogens with zero attached hydrogens (tertiary/aromatic N) is 3. The van der Waals surface area contributed by atoms with Gasteiger partial charge in [0.1, 0.15) is 15.8 Å². The van der Waals surface area contributed by atoms with Crippen molar-refractivity contribution >= 4 is 51.7 Å². The number of thiocarbonyl (C=S) groups is 1. The summed E-state index contributed by atoms with van der Waals surface area (Å²) >= 11 is 6.62. The lowest BCUT2D eigenvalue weighted by molar-refractivity contribution is -0.122. The van der Waals surface area contributed by atoms with Crippen LogP contribution in [-0.4, -0.2) is 63.5 Å². The van der Waals surface area contributed by atoms with Gasteiger partial charge >= 0.3 is 0 Å². The Labute approximate surface area is 196 Å². The van der Waals surface area contributed by atoms with E-state index in [-0.39, 0.29) is 17.6 Å². The van der Waals surface area contributed by atoms with E-state index in [0.29, 0.717) is 59.0 Å². The minimum atomic E-state index is -0.243. The van der Waals surface area contributed by atoms with Crippen molar-refractivity contribution < 1.29 is 14.3 Å². The first-order valence-corrected chi connectivity index (χ1v) is 12.0. The van der Waals surface area contributed by atoms with E-state index < -0.39 is 0 Å². The molecule has 0 radical (unpaired) electrons. The van der Waals surface area contributed by atoms with Crippen LogP contribution in [0.15, 0.2) is 34.1 Å². The SMILES string of the molecule is CCOCCCN1C(=O)/C(=C/c2c(NCC3CCCO3)nc3ccccn3c2=O)SC1=S. The van der Waals surface area contributed by atoms with Crippen molar-refractivity contribution in [3.63, 3.8) is 0 Å². The normalized spacial score (nSPS) is 20.1. The number of hydrogen-bond acceptors (Lipinski definition) is 8. The summed E-state index contributed by atoms with van der Waals surface area (Å²) in [5.74, 6) is 0.248. The van der Waals surface area contributed by atoms with E-state index in [1.165, 1.54) is 16.2 Å². The first-order chi connectivity index (χ1) is 15.6. The number of fused-ring (bicyclic) bond motifs is 1. The number of ether oxygens (including phenoxy) is 2. The van der Waals surface area contributed by atoms with Gasteiger partial charge in [-0.25, -0.2) is 4.98 Å².